The van der Waals surface area contributed by atoms with E-state index in [9.17, 15) is 0 Å². The highest BCUT2D eigenvalue weighted by molar-refractivity contribution is 7.25. The van der Waals surface area contributed by atoms with Crippen LogP contribution in [0, 0.1) is 0 Å². The molecule has 2 nitrogen and oxygen atoms in total. The molecule has 0 aliphatic heterocycles. The van der Waals surface area contributed by atoms with Crippen LogP contribution in [-0.2, 0) is 0 Å². The largest absolute Gasteiger partial charge is 0.454 e. The predicted molar refractivity (Wildman–Crippen MR) is 184 cm³/mol. The predicted octanol–water partition coefficient (Wildman–Crippen LogP) is 12.2. The fourth-order valence-corrected chi connectivity index (χ4v) is 7.60. The van der Waals surface area contributed by atoms with E-state index in [-0.39, 0.29) is 0 Å². The fourth-order valence-electron chi connectivity index (χ4n) is 6.46. The van der Waals surface area contributed by atoms with Crippen molar-refractivity contribution in [3.63, 3.8) is 0 Å². The summed E-state index contributed by atoms with van der Waals surface area (Å²) in [4.78, 5) is 2.33. The van der Waals surface area contributed by atoms with Crippen molar-refractivity contribution in [1.29, 1.82) is 0 Å². The highest BCUT2D eigenvalue weighted by Gasteiger charge is 2.20. The van der Waals surface area contributed by atoms with E-state index >= 15 is 0 Å². The summed E-state index contributed by atoms with van der Waals surface area (Å²) < 4.78 is 9.12. The van der Waals surface area contributed by atoms with Crippen molar-refractivity contribution < 1.29 is 4.42 Å². The number of benzene rings is 7. The Hall–Kier alpha value is -5.38. The van der Waals surface area contributed by atoms with E-state index in [4.69, 9.17) is 4.42 Å². The van der Waals surface area contributed by atoms with Gasteiger partial charge in [-0.3, -0.25) is 0 Å². The third-order valence-electron chi connectivity index (χ3n) is 8.47. The van der Waals surface area contributed by atoms with Crippen LogP contribution in [-0.4, -0.2) is 0 Å². The summed E-state index contributed by atoms with van der Waals surface area (Å²) in [5, 5.41) is 7.35. The Morgan fingerprint density at radius 1 is 0.465 bits per heavy atom. The maximum absolute atomic E-state index is 6.55. The number of furan rings is 1. The molecule has 0 radical (unpaired) electrons. The lowest BCUT2D eigenvalue weighted by atomic mass is 9.98. The summed E-state index contributed by atoms with van der Waals surface area (Å²) in [7, 11) is 0. The molecular formula is C40H25NOS. The molecule has 202 valence electrons. The SMILES string of the molecule is c1ccc2c(-c3ccc(N(c4ccc5c(c4)sc4ccccc45)c4cccc5c4oc4ccccc45)cc3)cccc2c1. The first kappa shape index (κ1) is 24.2. The Morgan fingerprint density at radius 2 is 1.14 bits per heavy atom. The van der Waals surface area contributed by atoms with Crippen LogP contribution in [0.5, 0.6) is 0 Å². The smallest absolute Gasteiger partial charge is 0.159 e. The topological polar surface area (TPSA) is 16.4 Å². The van der Waals surface area contributed by atoms with E-state index in [0.717, 1.165) is 39.0 Å². The fraction of sp³-hybridized carbons (Fsp3) is 0. The quantitative estimate of drug-likeness (QED) is 0.210. The van der Waals surface area contributed by atoms with Crippen molar-refractivity contribution in [3.05, 3.63) is 152 Å². The first-order chi connectivity index (χ1) is 21.3. The maximum atomic E-state index is 6.55. The maximum Gasteiger partial charge on any atom is 0.159 e. The van der Waals surface area contributed by atoms with E-state index in [1.807, 2.05) is 23.5 Å². The van der Waals surface area contributed by atoms with E-state index < -0.39 is 0 Å². The van der Waals surface area contributed by atoms with Crippen LogP contribution in [0.2, 0.25) is 0 Å². The van der Waals surface area contributed by atoms with Gasteiger partial charge in [0.2, 0.25) is 0 Å². The molecule has 0 aliphatic rings. The number of fused-ring (bicyclic) bond motifs is 7. The number of thiophene rings is 1. The minimum absolute atomic E-state index is 0.887. The minimum atomic E-state index is 0.887. The van der Waals surface area contributed by atoms with Gasteiger partial charge in [-0.2, -0.15) is 0 Å². The summed E-state index contributed by atoms with van der Waals surface area (Å²) in [5.41, 5.74) is 7.42. The normalized spacial score (nSPS) is 11.7. The lowest BCUT2D eigenvalue weighted by Gasteiger charge is -2.26. The van der Waals surface area contributed by atoms with Crippen molar-refractivity contribution in [2.24, 2.45) is 0 Å². The molecule has 0 saturated heterocycles. The molecule has 0 fully saturated rings. The second kappa shape index (κ2) is 9.59. The molecule has 0 bridgehead atoms. The highest BCUT2D eigenvalue weighted by atomic mass is 32.1. The third-order valence-corrected chi connectivity index (χ3v) is 9.60. The second-order valence-corrected chi connectivity index (χ2v) is 12.0. The van der Waals surface area contributed by atoms with Crippen molar-refractivity contribution in [2.75, 3.05) is 4.90 Å². The van der Waals surface area contributed by atoms with Gasteiger partial charge < -0.3 is 9.32 Å². The zero-order valence-corrected chi connectivity index (χ0v) is 24.0. The van der Waals surface area contributed by atoms with E-state index in [2.05, 4.69) is 144 Å². The number of nitrogens with zero attached hydrogens (tertiary/aromatic N) is 1. The molecule has 9 aromatic rings. The molecular weight excluding hydrogens is 543 g/mol. The summed E-state index contributed by atoms with van der Waals surface area (Å²) >= 11 is 1.84. The Balaban J connectivity index is 1.25. The van der Waals surface area contributed by atoms with Gasteiger partial charge in [0.15, 0.2) is 5.58 Å². The molecule has 0 aliphatic carbocycles. The summed E-state index contributed by atoms with van der Waals surface area (Å²) in [5.74, 6) is 0. The van der Waals surface area contributed by atoms with Gasteiger partial charge in [-0.1, -0.05) is 109 Å². The van der Waals surface area contributed by atoms with Crippen molar-refractivity contribution >= 4 is 81.3 Å². The van der Waals surface area contributed by atoms with Crippen molar-refractivity contribution in [1.82, 2.24) is 0 Å². The van der Waals surface area contributed by atoms with Crippen LogP contribution < -0.4 is 4.90 Å². The molecule has 2 heterocycles. The van der Waals surface area contributed by atoms with E-state index in [1.54, 1.807) is 0 Å². The Bertz CT molecular complexity index is 2460. The van der Waals surface area contributed by atoms with Crippen LogP contribution in [0.25, 0.3) is 64.0 Å². The molecule has 0 unspecified atom stereocenters. The van der Waals surface area contributed by atoms with Gasteiger partial charge in [0.05, 0.1) is 5.69 Å². The van der Waals surface area contributed by atoms with Crippen LogP contribution >= 0.6 is 11.3 Å². The Kier molecular flexibility index (Phi) is 5.40. The number of rotatable bonds is 4. The first-order valence-corrected chi connectivity index (χ1v) is 15.3. The zero-order valence-electron chi connectivity index (χ0n) is 23.2. The molecule has 0 spiro atoms. The Morgan fingerprint density at radius 3 is 2.05 bits per heavy atom. The Labute approximate surface area is 252 Å². The first-order valence-electron chi connectivity index (χ1n) is 14.5. The summed E-state index contributed by atoms with van der Waals surface area (Å²) in [6.45, 7) is 0. The van der Waals surface area contributed by atoms with Gasteiger partial charge in [-0.25, -0.2) is 0 Å². The van der Waals surface area contributed by atoms with Gasteiger partial charge in [0.25, 0.3) is 0 Å². The van der Waals surface area contributed by atoms with Gasteiger partial charge in [-0.15, -0.1) is 11.3 Å². The average molecular weight is 568 g/mol. The monoisotopic (exact) mass is 567 g/mol. The molecule has 43 heavy (non-hydrogen) atoms. The van der Waals surface area contributed by atoms with Gasteiger partial charge >= 0.3 is 0 Å². The average Bonchev–Trinajstić information content (AvgIpc) is 3.64. The molecule has 7 aromatic carbocycles. The second-order valence-electron chi connectivity index (χ2n) is 10.9. The van der Waals surface area contributed by atoms with Crippen LogP contribution in [0.15, 0.2) is 156 Å². The van der Waals surface area contributed by atoms with Crippen LogP contribution in [0.1, 0.15) is 0 Å². The molecule has 0 N–H and O–H groups in total. The van der Waals surface area contributed by atoms with E-state index in [0.29, 0.717) is 0 Å². The number of hydrogen-bond donors (Lipinski definition) is 0. The molecule has 0 atom stereocenters. The van der Waals surface area contributed by atoms with Crippen molar-refractivity contribution in [3.8, 4) is 11.1 Å². The van der Waals surface area contributed by atoms with Crippen molar-refractivity contribution in [2.45, 2.75) is 0 Å². The van der Waals surface area contributed by atoms with Gasteiger partial charge in [-0.05, 0) is 64.4 Å². The van der Waals surface area contributed by atoms with Gasteiger partial charge in [0, 0.05) is 42.3 Å². The number of hydrogen-bond acceptors (Lipinski definition) is 3. The summed E-state index contributed by atoms with van der Waals surface area (Å²) in [6, 6.07) is 54.3. The van der Waals surface area contributed by atoms with E-state index in [1.165, 1.54) is 42.1 Å². The third kappa shape index (κ3) is 3.86. The van der Waals surface area contributed by atoms with Gasteiger partial charge in [0.1, 0.15) is 5.58 Å². The lowest BCUT2D eigenvalue weighted by Crippen LogP contribution is -2.10. The summed E-state index contributed by atoms with van der Waals surface area (Å²) in [6.07, 6.45) is 0. The standard InChI is InChI=1S/C40H25NOS/c1-2-11-30-26(9-1)10-7-14-31(30)27-19-21-28(22-20-27)41(29-23-24-34-33-13-4-6-18-38(33)43-39(34)25-29)36-16-8-15-35-32-12-3-5-17-37(32)42-40(35)36/h1-25H. The molecule has 9 rings (SSSR count). The van der Waals surface area contributed by atoms with Crippen LogP contribution in [0.4, 0.5) is 17.1 Å². The molecule has 2 aromatic heterocycles. The minimum Gasteiger partial charge on any atom is -0.454 e. The lowest BCUT2D eigenvalue weighted by molar-refractivity contribution is 0.669. The molecule has 0 amide bonds. The highest BCUT2D eigenvalue weighted by Crippen LogP contribution is 2.44. The molecule has 0 saturated carbocycles. The zero-order chi connectivity index (χ0) is 28.3. The number of para-hydroxylation sites is 2. The molecule has 3 heteroatoms. The van der Waals surface area contributed by atoms with Crippen LogP contribution in [0.3, 0.4) is 0 Å². The number of anilines is 3.